The zero-order valence-corrected chi connectivity index (χ0v) is 13.8. The Morgan fingerprint density at radius 3 is 2.00 bits per heavy atom. The van der Waals surface area contributed by atoms with Crippen LogP contribution >= 0.6 is 0 Å². The number of aromatic nitrogens is 2. The van der Waals surface area contributed by atoms with Gasteiger partial charge in [-0.2, -0.15) is 0 Å². The van der Waals surface area contributed by atoms with Crippen molar-refractivity contribution in [3.05, 3.63) is 101 Å². The highest BCUT2D eigenvalue weighted by Gasteiger charge is 2.36. The van der Waals surface area contributed by atoms with Crippen LogP contribution < -0.4 is 0 Å². The Balaban J connectivity index is 1.95. The van der Waals surface area contributed by atoms with Gasteiger partial charge in [-0.1, -0.05) is 60.7 Å². The number of hydrogen-bond donors (Lipinski definition) is 3. The number of fused-ring (bicyclic) bond motifs is 1. The summed E-state index contributed by atoms with van der Waals surface area (Å²) in [6, 6.07) is 23.2. The summed E-state index contributed by atoms with van der Waals surface area (Å²) in [5.74, 6) is -0.670. The van der Waals surface area contributed by atoms with Crippen LogP contribution in [0, 0.1) is 0 Å². The first-order valence-corrected chi connectivity index (χ1v) is 8.16. The molecular formula is C21H16N2O3. The SMILES string of the molecule is O=C(O)c1ccc2nc(C(O)(c3ccccc3)c3ccccc3)[nH]c2c1. The average molecular weight is 344 g/mol. The summed E-state index contributed by atoms with van der Waals surface area (Å²) >= 11 is 0. The summed E-state index contributed by atoms with van der Waals surface area (Å²) in [6.07, 6.45) is 0. The number of nitrogens with zero attached hydrogens (tertiary/aromatic N) is 1. The number of rotatable bonds is 4. The maximum atomic E-state index is 11.7. The van der Waals surface area contributed by atoms with Crippen molar-refractivity contribution < 1.29 is 15.0 Å². The van der Waals surface area contributed by atoms with Gasteiger partial charge in [-0.3, -0.25) is 0 Å². The van der Waals surface area contributed by atoms with E-state index in [-0.39, 0.29) is 5.56 Å². The Hall–Kier alpha value is -3.44. The summed E-state index contributed by atoms with van der Waals surface area (Å²) < 4.78 is 0. The first-order valence-electron chi connectivity index (χ1n) is 8.16. The van der Waals surface area contributed by atoms with Gasteiger partial charge < -0.3 is 15.2 Å². The van der Waals surface area contributed by atoms with Gasteiger partial charge in [0.2, 0.25) is 0 Å². The molecule has 0 atom stereocenters. The highest BCUT2D eigenvalue weighted by Crippen LogP contribution is 2.35. The Bertz CT molecular complexity index is 1030. The van der Waals surface area contributed by atoms with Crippen molar-refractivity contribution in [2.24, 2.45) is 0 Å². The molecule has 5 nitrogen and oxygen atoms in total. The monoisotopic (exact) mass is 344 g/mol. The van der Waals surface area contributed by atoms with Gasteiger partial charge in [-0.25, -0.2) is 9.78 Å². The molecule has 4 aromatic rings. The predicted octanol–water partition coefficient (Wildman–Crippen LogP) is 3.55. The number of hydrogen-bond acceptors (Lipinski definition) is 3. The van der Waals surface area contributed by atoms with Gasteiger partial charge in [0, 0.05) is 0 Å². The molecule has 0 aliphatic rings. The third kappa shape index (κ3) is 2.55. The largest absolute Gasteiger partial charge is 0.478 e. The molecule has 0 amide bonds. The lowest BCUT2D eigenvalue weighted by atomic mass is 9.85. The number of aromatic amines is 1. The van der Waals surface area contributed by atoms with Gasteiger partial charge in [0.1, 0.15) is 5.82 Å². The topological polar surface area (TPSA) is 86.2 Å². The van der Waals surface area contributed by atoms with Gasteiger partial charge in [0.25, 0.3) is 0 Å². The van der Waals surface area contributed by atoms with Gasteiger partial charge in [-0.05, 0) is 29.3 Å². The van der Waals surface area contributed by atoms with Crippen LogP contribution in [0.3, 0.4) is 0 Å². The number of carboxylic acids is 1. The van der Waals surface area contributed by atoms with E-state index in [1.165, 1.54) is 12.1 Å². The molecule has 0 aliphatic carbocycles. The van der Waals surface area contributed by atoms with Crippen molar-refractivity contribution in [1.82, 2.24) is 9.97 Å². The number of H-pyrrole nitrogens is 1. The van der Waals surface area contributed by atoms with Crippen LogP contribution in [0.1, 0.15) is 27.3 Å². The number of benzene rings is 3. The van der Waals surface area contributed by atoms with E-state index in [2.05, 4.69) is 9.97 Å². The standard InChI is InChI=1S/C21H16N2O3/c24-19(25)14-11-12-17-18(13-14)23-20(22-17)21(26,15-7-3-1-4-8-15)16-9-5-2-6-10-16/h1-13,26H,(H,22,23)(H,24,25). The van der Waals surface area contributed by atoms with E-state index in [0.29, 0.717) is 28.0 Å². The van der Waals surface area contributed by atoms with E-state index >= 15 is 0 Å². The molecule has 26 heavy (non-hydrogen) atoms. The molecule has 5 heteroatoms. The Labute approximate surface area is 149 Å². The van der Waals surface area contributed by atoms with Crippen LogP contribution in [0.15, 0.2) is 78.9 Å². The van der Waals surface area contributed by atoms with Crippen LogP contribution in [0.25, 0.3) is 11.0 Å². The van der Waals surface area contributed by atoms with Crippen LogP contribution in [0.2, 0.25) is 0 Å². The van der Waals surface area contributed by atoms with Crippen molar-refractivity contribution in [3.63, 3.8) is 0 Å². The number of imidazole rings is 1. The molecule has 0 unspecified atom stereocenters. The number of aromatic carboxylic acids is 1. The third-order valence-electron chi connectivity index (χ3n) is 4.45. The van der Waals surface area contributed by atoms with E-state index in [4.69, 9.17) is 0 Å². The maximum absolute atomic E-state index is 11.7. The highest BCUT2D eigenvalue weighted by atomic mass is 16.4. The minimum atomic E-state index is -1.48. The minimum Gasteiger partial charge on any atom is -0.478 e. The van der Waals surface area contributed by atoms with Crippen molar-refractivity contribution in [2.45, 2.75) is 5.60 Å². The molecule has 1 aromatic heterocycles. The van der Waals surface area contributed by atoms with E-state index in [1.54, 1.807) is 6.07 Å². The van der Waals surface area contributed by atoms with Crippen LogP contribution in [0.5, 0.6) is 0 Å². The highest BCUT2D eigenvalue weighted by molar-refractivity contribution is 5.92. The first-order chi connectivity index (χ1) is 12.6. The molecular weight excluding hydrogens is 328 g/mol. The number of carboxylic acid groups (broad SMARTS) is 1. The molecule has 0 fully saturated rings. The molecule has 0 saturated heterocycles. The summed E-state index contributed by atoms with van der Waals surface area (Å²) in [7, 11) is 0. The fraction of sp³-hybridized carbons (Fsp3) is 0.0476. The molecule has 0 bridgehead atoms. The molecule has 1 heterocycles. The quantitative estimate of drug-likeness (QED) is 0.528. The predicted molar refractivity (Wildman–Crippen MR) is 98.0 cm³/mol. The average Bonchev–Trinajstić information content (AvgIpc) is 3.12. The molecule has 0 aliphatic heterocycles. The number of aliphatic hydroxyl groups is 1. The first kappa shape index (κ1) is 16.1. The Kier molecular flexibility index (Phi) is 3.78. The van der Waals surface area contributed by atoms with Crippen LogP contribution in [0.4, 0.5) is 0 Å². The number of nitrogens with one attached hydrogen (secondary N) is 1. The normalized spacial score (nSPS) is 11.6. The fourth-order valence-electron chi connectivity index (χ4n) is 3.11. The second kappa shape index (κ2) is 6.13. The zero-order valence-electron chi connectivity index (χ0n) is 13.8. The second-order valence-corrected chi connectivity index (χ2v) is 6.06. The van der Waals surface area contributed by atoms with E-state index in [9.17, 15) is 15.0 Å². The molecule has 0 spiro atoms. The molecule has 3 aromatic carbocycles. The second-order valence-electron chi connectivity index (χ2n) is 6.06. The lowest BCUT2D eigenvalue weighted by molar-refractivity contribution is 0.0697. The van der Waals surface area contributed by atoms with Crippen molar-refractivity contribution >= 4 is 17.0 Å². The van der Waals surface area contributed by atoms with Gasteiger partial charge in [0.15, 0.2) is 5.60 Å². The van der Waals surface area contributed by atoms with E-state index < -0.39 is 11.6 Å². The maximum Gasteiger partial charge on any atom is 0.335 e. The molecule has 4 rings (SSSR count). The minimum absolute atomic E-state index is 0.163. The lowest BCUT2D eigenvalue weighted by Crippen LogP contribution is -2.30. The van der Waals surface area contributed by atoms with Gasteiger partial charge >= 0.3 is 5.97 Å². The van der Waals surface area contributed by atoms with Crippen LogP contribution in [-0.2, 0) is 5.60 Å². The van der Waals surface area contributed by atoms with Crippen molar-refractivity contribution in [2.75, 3.05) is 0 Å². The Morgan fingerprint density at radius 1 is 0.885 bits per heavy atom. The lowest BCUT2D eigenvalue weighted by Gasteiger charge is -2.27. The Morgan fingerprint density at radius 2 is 1.46 bits per heavy atom. The van der Waals surface area contributed by atoms with Crippen LogP contribution in [-0.4, -0.2) is 26.2 Å². The van der Waals surface area contributed by atoms with Crippen molar-refractivity contribution in [3.8, 4) is 0 Å². The van der Waals surface area contributed by atoms with Gasteiger partial charge in [0.05, 0.1) is 16.6 Å². The third-order valence-corrected chi connectivity index (χ3v) is 4.45. The molecule has 0 radical (unpaired) electrons. The summed E-state index contributed by atoms with van der Waals surface area (Å²) in [6.45, 7) is 0. The molecule has 0 saturated carbocycles. The van der Waals surface area contributed by atoms with E-state index in [1.807, 2.05) is 60.7 Å². The summed E-state index contributed by atoms with van der Waals surface area (Å²) in [4.78, 5) is 18.9. The summed E-state index contributed by atoms with van der Waals surface area (Å²) in [5.41, 5.74) is 1.17. The molecule has 128 valence electrons. The zero-order chi connectivity index (χ0) is 18.1. The molecule has 3 N–H and O–H groups in total. The van der Waals surface area contributed by atoms with E-state index in [0.717, 1.165) is 0 Å². The van der Waals surface area contributed by atoms with Crippen molar-refractivity contribution in [1.29, 1.82) is 0 Å². The smallest absolute Gasteiger partial charge is 0.335 e. The summed E-state index contributed by atoms with van der Waals surface area (Å²) in [5, 5.41) is 20.9. The fourth-order valence-corrected chi connectivity index (χ4v) is 3.11. The number of carbonyl (C=O) groups is 1. The van der Waals surface area contributed by atoms with Gasteiger partial charge in [-0.15, -0.1) is 0 Å².